The lowest BCUT2D eigenvalue weighted by Crippen LogP contribution is -2.41. The predicted molar refractivity (Wildman–Crippen MR) is 82.3 cm³/mol. The fourth-order valence-electron chi connectivity index (χ4n) is 2.98. The van der Waals surface area contributed by atoms with Crippen LogP contribution in [0.3, 0.4) is 0 Å². The molecule has 1 amide bonds. The Balaban J connectivity index is 1.85. The van der Waals surface area contributed by atoms with Crippen molar-refractivity contribution in [2.75, 3.05) is 0 Å². The van der Waals surface area contributed by atoms with Gasteiger partial charge in [-0.3, -0.25) is 4.79 Å². The van der Waals surface area contributed by atoms with E-state index in [2.05, 4.69) is 35.4 Å². The number of benzene rings is 1. The molecule has 0 spiro atoms. The van der Waals surface area contributed by atoms with Crippen LogP contribution in [0, 0.1) is 6.92 Å². The van der Waals surface area contributed by atoms with E-state index in [1.807, 2.05) is 0 Å². The molecule has 2 aromatic rings. The summed E-state index contributed by atoms with van der Waals surface area (Å²) in [6.45, 7) is 3.82. The fraction of sp³-hybridized carbons (Fsp3) is 0.438. The molecule has 2 atom stereocenters. The van der Waals surface area contributed by atoms with Crippen LogP contribution in [0.1, 0.15) is 30.2 Å². The summed E-state index contributed by atoms with van der Waals surface area (Å²) in [7, 11) is 0. The molecule has 0 bridgehead atoms. The lowest BCUT2D eigenvalue weighted by molar-refractivity contribution is -0.121. The van der Waals surface area contributed by atoms with Crippen LogP contribution in [0.15, 0.2) is 18.2 Å². The Morgan fingerprint density at radius 3 is 3.05 bits per heavy atom. The number of aromatic amines is 1. The van der Waals surface area contributed by atoms with E-state index in [1.165, 1.54) is 27.7 Å². The molecule has 1 aliphatic rings. The van der Waals surface area contributed by atoms with Gasteiger partial charge in [0.25, 0.3) is 0 Å². The second-order valence-corrected chi connectivity index (χ2v) is 6.35. The number of alkyl halides is 1. The van der Waals surface area contributed by atoms with Crippen LogP contribution >= 0.6 is 11.6 Å². The minimum absolute atomic E-state index is 0.0768. The molecule has 106 valence electrons. The average molecular weight is 291 g/mol. The zero-order valence-electron chi connectivity index (χ0n) is 11.8. The van der Waals surface area contributed by atoms with Crippen molar-refractivity contribution in [3.63, 3.8) is 0 Å². The molecule has 1 heterocycles. The Labute approximate surface area is 123 Å². The van der Waals surface area contributed by atoms with E-state index in [-0.39, 0.29) is 11.9 Å². The first-order valence-electron chi connectivity index (χ1n) is 7.09. The van der Waals surface area contributed by atoms with Crippen LogP contribution in [-0.4, -0.2) is 22.3 Å². The molecule has 1 aromatic carbocycles. The highest BCUT2D eigenvalue weighted by Crippen LogP contribution is 2.29. The SMILES string of the molecule is Cc1ccc2[nH]c3c(c2c1)CCC(NC(=O)C(C)Cl)C3. The smallest absolute Gasteiger partial charge is 0.237 e. The Kier molecular flexibility index (Phi) is 3.47. The molecular formula is C16H19ClN2O. The van der Waals surface area contributed by atoms with Crippen molar-refractivity contribution in [1.29, 1.82) is 0 Å². The van der Waals surface area contributed by atoms with E-state index in [4.69, 9.17) is 11.6 Å². The number of halogens is 1. The van der Waals surface area contributed by atoms with E-state index in [0.29, 0.717) is 0 Å². The largest absolute Gasteiger partial charge is 0.358 e. The van der Waals surface area contributed by atoms with E-state index in [9.17, 15) is 4.79 Å². The van der Waals surface area contributed by atoms with Gasteiger partial charge in [0.05, 0.1) is 0 Å². The van der Waals surface area contributed by atoms with Gasteiger partial charge in [-0.25, -0.2) is 0 Å². The molecule has 1 aliphatic carbocycles. The summed E-state index contributed by atoms with van der Waals surface area (Å²) in [6, 6.07) is 6.69. The molecule has 2 N–H and O–H groups in total. The molecule has 1 aromatic heterocycles. The standard InChI is InChI=1S/C16H19ClN2O/c1-9-3-6-14-13(7-9)12-5-4-11(8-15(12)19-14)18-16(20)10(2)17/h3,6-7,10-11,19H,4-5,8H2,1-2H3,(H,18,20). The normalized spacial score (nSPS) is 19.6. The summed E-state index contributed by atoms with van der Waals surface area (Å²) >= 11 is 5.81. The van der Waals surface area contributed by atoms with Crippen LogP contribution in [-0.2, 0) is 17.6 Å². The number of rotatable bonds is 2. The Hall–Kier alpha value is -1.48. The second-order valence-electron chi connectivity index (χ2n) is 5.70. The number of H-pyrrole nitrogens is 1. The Morgan fingerprint density at radius 1 is 1.50 bits per heavy atom. The average Bonchev–Trinajstić information content (AvgIpc) is 2.75. The van der Waals surface area contributed by atoms with Gasteiger partial charge in [0, 0.05) is 29.1 Å². The molecule has 0 fully saturated rings. The van der Waals surface area contributed by atoms with Crippen molar-refractivity contribution in [1.82, 2.24) is 10.3 Å². The minimum Gasteiger partial charge on any atom is -0.358 e. The third-order valence-electron chi connectivity index (χ3n) is 4.05. The van der Waals surface area contributed by atoms with Gasteiger partial charge < -0.3 is 10.3 Å². The summed E-state index contributed by atoms with van der Waals surface area (Å²) in [6.07, 6.45) is 2.84. The summed E-state index contributed by atoms with van der Waals surface area (Å²) < 4.78 is 0. The van der Waals surface area contributed by atoms with Crippen LogP contribution in [0.4, 0.5) is 0 Å². The van der Waals surface area contributed by atoms with Crippen LogP contribution in [0.2, 0.25) is 0 Å². The van der Waals surface area contributed by atoms with Gasteiger partial charge in [0.1, 0.15) is 5.38 Å². The number of carbonyl (C=O) groups excluding carboxylic acids is 1. The highest BCUT2D eigenvalue weighted by Gasteiger charge is 2.24. The maximum absolute atomic E-state index is 11.7. The van der Waals surface area contributed by atoms with E-state index < -0.39 is 5.38 Å². The third kappa shape index (κ3) is 2.42. The lowest BCUT2D eigenvalue weighted by Gasteiger charge is -2.24. The van der Waals surface area contributed by atoms with Gasteiger partial charge in [-0.15, -0.1) is 11.6 Å². The van der Waals surface area contributed by atoms with Crippen LogP contribution in [0.25, 0.3) is 10.9 Å². The quantitative estimate of drug-likeness (QED) is 0.820. The number of hydrogen-bond acceptors (Lipinski definition) is 1. The first kappa shape index (κ1) is 13.5. The van der Waals surface area contributed by atoms with Gasteiger partial charge in [-0.1, -0.05) is 11.6 Å². The van der Waals surface area contributed by atoms with E-state index in [1.54, 1.807) is 6.92 Å². The number of nitrogens with one attached hydrogen (secondary N) is 2. The van der Waals surface area contributed by atoms with Gasteiger partial charge in [0.15, 0.2) is 0 Å². The zero-order chi connectivity index (χ0) is 14.3. The van der Waals surface area contributed by atoms with Gasteiger partial charge in [-0.05, 0) is 44.4 Å². The molecule has 3 rings (SSSR count). The highest BCUT2D eigenvalue weighted by molar-refractivity contribution is 6.30. The van der Waals surface area contributed by atoms with E-state index >= 15 is 0 Å². The van der Waals surface area contributed by atoms with Gasteiger partial charge in [0.2, 0.25) is 5.91 Å². The summed E-state index contributed by atoms with van der Waals surface area (Å²) in [5.74, 6) is -0.0768. The topological polar surface area (TPSA) is 44.9 Å². The Morgan fingerprint density at radius 2 is 2.30 bits per heavy atom. The molecule has 20 heavy (non-hydrogen) atoms. The first-order valence-corrected chi connectivity index (χ1v) is 7.53. The minimum atomic E-state index is -0.471. The Bertz CT molecular complexity index is 660. The van der Waals surface area contributed by atoms with Crippen molar-refractivity contribution in [2.45, 2.75) is 44.5 Å². The van der Waals surface area contributed by atoms with Gasteiger partial charge >= 0.3 is 0 Å². The molecule has 0 radical (unpaired) electrons. The summed E-state index contributed by atoms with van der Waals surface area (Å²) in [5.41, 5.74) is 5.14. The number of aromatic nitrogens is 1. The second kappa shape index (κ2) is 5.13. The fourth-order valence-corrected chi connectivity index (χ4v) is 3.05. The lowest BCUT2D eigenvalue weighted by atomic mass is 9.91. The molecule has 0 aliphatic heterocycles. The molecule has 2 unspecified atom stereocenters. The highest BCUT2D eigenvalue weighted by atomic mass is 35.5. The van der Waals surface area contributed by atoms with Gasteiger partial charge in [-0.2, -0.15) is 0 Å². The summed E-state index contributed by atoms with van der Waals surface area (Å²) in [4.78, 5) is 15.2. The summed E-state index contributed by atoms with van der Waals surface area (Å²) in [5, 5.41) is 3.88. The number of hydrogen-bond donors (Lipinski definition) is 2. The van der Waals surface area contributed by atoms with Crippen LogP contribution < -0.4 is 5.32 Å². The van der Waals surface area contributed by atoms with Crippen molar-refractivity contribution in [2.24, 2.45) is 0 Å². The number of amides is 1. The van der Waals surface area contributed by atoms with E-state index in [0.717, 1.165) is 19.3 Å². The molecule has 0 saturated carbocycles. The number of aryl methyl sites for hydroxylation is 2. The molecule has 4 heteroatoms. The number of fused-ring (bicyclic) bond motifs is 3. The van der Waals surface area contributed by atoms with Crippen molar-refractivity contribution in [3.8, 4) is 0 Å². The predicted octanol–water partition coefficient (Wildman–Crippen LogP) is 3.08. The van der Waals surface area contributed by atoms with Crippen molar-refractivity contribution in [3.05, 3.63) is 35.0 Å². The monoisotopic (exact) mass is 290 g/mol. The first-order chi connectivity index (χ1) is 9.54. The maximum atomic E-state index is 11.7. The van der Waals surface area contributed by atoms with Crippen molar-refractivity contribution < 1.29 is 4.79 Å². The zero-order valence-corrected chi connectivity index (χ0v) is 12.6. The molecular weight excluding hydrogens is 272 g/mol. The maximum Gasteiger partial charge on any atom is 0.237 e. The molecule has 0 saturated heterocycles. The number of carbonyl (C=O) groups is 1. The van der Waals surface area contributed by atoms with Crippen molar-refractivity contribution >= 4 is 28.4 Å². The molecule has 3 nitrogen and oxygen atoms in total. The third-order valence-corrected chi connectivity index (χ3v) is 4.25. The van der Waals surface area contributed by atoms with Crippen LogP contribution in [0.5, 0.6) is 0 Å².